The Hall–Kier alpha value is -1.26. The van der Waals surface area contributed by atoms with Crippen LogP contribution >= 0.6 is 11.6 Å². The molecule has 0 fully saturated rings. The van der Waals surface area contributed by atoms with Gasteiger partial charge in [0.25, 0.3) is 0 Å². The summed E-state index contributed by atoms with van der Waals surface area (Å²) < 4.78 is 5.37. The van der Waals surface area contributed by atoms with Crippen molar-refractivity contribution in [1.29, 1.82) is 0 Å². The van der Waals surface area contributed by atoms with Crippen molar-refractivity contribution in [3.05, 3.63) is 34.9 Å². The van der Waals surface area contributed by atoms with Gasteiger partial charge >= 0.3 is 6.09 Å². The highest BCUT2D eigenvalue weighted by atomic mass is 35.5. The van der Waals surface area contributed by atoms with Gasteiger partial charge in [0.15, 0.2) is 0 Å². The fourth-order valence-electron chi connectivity index (χ4n) is 1.63. The first-order chi connectivity index (χ1) is 9.24. The lowest BCUT2D eigenvalue weighted by atomic mass is 10.2. The van der Waals surface area contributed by atoms with Crippen molar-refractivity contribution in [1.82, 2.24) is 4.90 Å². The lowest BCUT2D eigenvalue weighted by Gasteiger charge is -2.31. The first-order valence-electron chi connectivity index (χ1n) is 6.58. The minimum Gasteiger partial charge on any atom is -0.444 e. The van der Waals surface area contributed by atoms with E-state index >= 15 is 0 Å². The summed E-state index contributed by atoms with van der Waals surface area (Å²) in [5.74, 6) is 0. The number of amides is 1. The minimum absolute atomic E-state index is 0.135. The van der Waals surface area contributed by atoms with Crippen molar-refractivity contribution < 1.29 is 14.6 Å². The fourth-order valence-corrected chi connectivity index (χ4v) is 1.83. The molecule has 0 saturated carbocycles. The van der Waals surface area contributed by atoms with E-state index in [0.717, 1.165) is 5.56 Å². The molecule has 0 aliphatic heterocycles. The van der Waals surface area contributed by atoms with Crippen LogP contribution < -0.4 is 0 Å². The molecule has 112 valence electrons. The van der Waals surface area contributed by atoms with E-state index < -0.39 is 11.7 Å². The van der Waals surface area contributed by atoms with Crippen LogP contribution in [0.4, 0.5) is 4.79 Å². The van der Waals surface area contributed by atoms with Gasteiger partial charge in [-0.2, -0.15) is 0 Å². The van der Waals surface area contributed by atoms with Gasteiger partial charge in [-0.15, -0.1) is 0 Å². The number of aliphatic hydroxyl groups excluding tert-OH is 1. The summed E-state index contributed by atoms with van der Waals surface area (Å²) in [6, 6.07) is 6.97. The maximum absolute atomic E-state index is 12.2. The lowest BCUT2D eigenvalue weighted by molar-refractivity contribution is 0.00939. The summed E-state index contributed by atoms with van der Waals surface area (Å²) in [4.78, 5) is 13.7. The van der Waals surface area contributed by atoms with Gasteiger partial charge in [0.1, 0.15) is 5.60 Å². The molecule has 5 heteroatoms. The molecule has 0 aromatic heterocycles. The van der Waals surface area contributed by atoms with E-state index in [1.807, 2.05) is 39.0 Å². The van der Waals surface area contributed by atoms with E-state index in [2.05, 4.69) is 0 Å². The highest BCUT2D eigenvalue weighted by Gasteiger charge is 2.26. The van der Waals surface area contributed by atoms with Crippen LogP contribution in [0.3, 0.4) is 0 Å². The molecule has 0 radical (unpaired) electrons. The summed E-state index contributed by atoms with van der Waals surface area (Å²) in [6.07, 6.45) is -0.459. The van der Waals surface area contributed by atoms with E-state index in [9.17, 15) is 9.90 Å². The molecule has 1 aromatic carbocycles. The Morgan fingerprint density at radius 3 is 2.50 bits per heavy atom. The fraction of sp³-hybridized carbons (Fsp3) is 0.533. The maximum atomic E-state index is 12.2. The predicted octanol–water partition coefficient (Wildman–Crippen LogP) is 3.46. The van der Waals surface area contributed by atoms with Crippen LogP contribution in [0.25, 0.3) is 0 Å². The van der Waals surface area contributed by atoms with Gasteiger partial charge in [-0.1, -0.05) is 29.8 Å². The number of ether oxygens (including phenoxy) is 1. The van der Waals surface area contributed by atoms with Crippen molar-refractivity contribution in [2.75, 3.05) is 6.61 Å². The van der Waals surface area contributed by atoms with Gasteiger partial charge in [0.2, 0.25) is 0 Å². The molecule has 0 aliphatic rings. The van der Waals surface area contributed by atoms with Gasteiger partial charge in [-0.3, -0.25) is 4.90 Å². The zero-order valence-electron chi connectivity index (χ0n) is 12.4. The highest BCUT2D eigenvalue weighted by molar-refractivity contribution is 6.31. The number of carbonyl (C=O) groups excluding carboxylic acids is 1. The molecule has 1 atom stereocenters. The molecule has 1 rings (SSSR count). The smallest absolute Gasteiger partial charge is 0.410 e. The van der Waals surface area contributed by atoms with Crippen molar-refractivity contribution >= 4 is 17.7 Å². The number of hydrogen-bond donors (Lipinski definition) is 1. The average molecular weight is 300 g/mol. The minimum atomic E-state index is -0.578. The molecular weight excluding hydrogens is 278 g/mol. The first kappa shape index (κ1) is 16.8. The van der Waals surface area contributed by atoms with Crippen LogP contribution in [0.15, 0.2) is 24.3 Å². The third kappa shape index (κ3) is 5.02. The number of halogens is 1. The molecule has 1 amide bonds. The molecule has 1 aromatic rings. The Labute approximate surface area is 125 Å². The number of rotatable bonds is 4. The zero-order chi connectivity index (χ0) is 15.3. The van der Waals surface area contributed by atoms with E-state index in [0.29, 0.717) is 11.6 Å². The van der Waals surface area contributed by atoms with E-state index in [1.54, 1.807) is 13.0 Å². The second-order valence-corrected chi connectivity index (χ2v) is 6.14. The van der Waals surface area contributed by atoms with Gasteiger partial charge < -0.3 is 9.84 Å². The van der Waals surface area contributed by atoms with Crippen LogP contribution in [0, 0.1) is 0 Å². The molecule has 0 saturated heterocycles. The van der Waals surface area contributed by atoms with E-state index in [1.165, 1.54) is 4.90 Å². The topological polar surface area (TPSA) is 49.8 Å². The number of carbonyl (C=O) groups is 1. The largest absolute Gasteiger partial charge is 0.444 e. The predicted molar refractivity (Wildman–Crippen MR) is 79.8 cm³/mol. The number of nitrogens with zero attached hydrogens (tertiary/aromatic N) is 1. The monoisotopic (exact) mass is 299 g/mol. The van der Waals surface area contributed by atoms with Gasteiger partial charge in [0, 0.05) is 5.02 Å². The Morgan fingerprint density at radius 1 is 1.40 bits per heavy atom. The SMILES string of the molecule is CC(CO)N(Cc1ccccc1Cl)C(=O)OC(C)(C)C. The molecule has 1 unspecified atom stereocenters. The van der Waals surface area contributed by atoms with Crippen molar-refractivity contribution in [3.8, 4) is 0 Å². The van der Waals surface area contributed by atoms with Crippen LogP contribution in [0.5, 0.6) is 0 Å². The average Bonchev–Trinajstić information content (AvgIpc) is 2.34. The molecule has 0 bridgehead atoms. The Bertz CT molecular complexity index is 457. The third-order valence-electron chi connectivity index (χ3n) is 2.72. The van der Waals surface area contributed by atoms with Crippen LogP contribution in [-0.4, -0.2) is 34.3 Å². The quantitative estimate of drug-likeness (QED) is 0.926. The molecular formula is C15H22ClNO3. The standard InChI is InChI=1S/C15H22ClNO3/c1-11(10-18)17(14(19)20-15(2,3)4)9-12-7-5-6-8-13(12)16/h5-8,11,18H,9-10H2,1-4H3. The first-order valence-corrected chi connectivity index (χ1v) is 6.96. The third-order valence-corrected chi connectivity index (χ3v) is 3.09. The molecule has 0 heterocycles. The Kier molecular flexibility index (Phi) is 5.84. The van der Waals surface area contributed by atoms with E-state index in [-0.39, 0.29) is 12.6 Å². The van der Waals surface area contributed by atoms with Crippen molar-refractivity contribution in [2.45, 2.75) is 45.9 Å². The maximum Gasteiger partial charge on any atom is 0.410 e. The molecule has 4 nitrogen and oxygen atoms in total. The summed E-state index contributed by atoms with van der Waals surface area (Å²) >= 11 is 6.11. The summed E-state index contributed by atoms with van der Waals surface area (Å²) in [7, 11) is 0. The molecule has 0 spiro atoms. The Balaban J connectivity index is 2.91. The van der Waals surface area contributed by atoms with Gasteiger partial charge in [-0.05, 0) is 39.3 Å². The number of aliphatic hydroxyl groups is 1. The van der Waals surface area contributed by atoms with Crippen molar-refractivity contribution in [2.24, 2.45) is 0 Å². The summed E-state index contributed by atoms with van der Waals surface area (Å²) in [5.41, 5.74) is 0.241. The van der Waals surface area contributed by atoms with Gasteiger partial charge in [-0.25, -0.2) is 4.79 Å². The van der Waals surface area contributed by atoms with Gasteiger partial charge in [0.05, 0.1) is 19.2 Å². The number of hydrogen-bond acceptors (Lipinski definition) is 3. The van der Waals surface area contributed by atoms with Crippen molar-refractivity contribution in [3.63, 3.8) is 0 Å². The summed E-state index contributed by atoms with van der Waals surface area (Å²) in [5, 5.41) is 9.91. The lowest BCUT2D eigenvalue weighted by Crippen LogP contribution is -2.43. The van der Waals surface area contributed by atoms with Crippen LogP contribution in [0.2, 0.25) is 5.02 Å². The molecule has 20 heavy (non-hydrogen) atoms. The molecule has 1 N–H and O–H groups in total. The van der Waals surface area contributed by atoms with Crippen LogP contribution in [-0.2, 0) is 11.3 Å². The normalized spacial score (nSPS) is 12.9. The zero-order valence-corrected chi connectivity index (χ0v) is 13.1. The summed E-state index contributed by atoms with van der Waals surface area (Å²) in [6.45, 7) is 7.35. The second kappa shape index (κ2) is 6.95. The molecule has 0 aliphatic carbocycles. The second-order valence-electron chi connectivity index (χ2n) is 5.73. The van der Waals surface area contributed by atoms with E-state index in [4.69, 9.17) is 16.3 Å². The van der Waals surface area contributed by atoms with Crippen LogP contribution in [0.1, 0.15) is 33.3 Å². The Morgan fingerprint density at radius 2 is 2.00 bits per heavy atom. The highest BCUT2D eigenvalue weighted by Crippen LogP contribution is 2.20. The number of benzene rings is 1.